The Balaban J connectivity index is 1.83. The van der Waals surface area contributed by atoms with Crippen LogP contribution < -0.4 is 5.32 Å². The lowest BCUT2D eigenvalue weighted by molar-refractivity contribution is -0.150. The zero-order valence-electron chi connectivity index (χ0n) is 16.9. The van der Waals surface area contributed by atoms with E-state index in [1.807, 2.05) is 30.3 Å². The van der Waals surface area contributed by atoms with Crippen LogP contribution in [0.25, 0.3) is 10.4 Å². The van der Waals surface area contributed by atoms with Gasteiger partial charge in [-0.1, -0.05) is 35.4 Å². The second-order valence-electron chi connectivity index (χ2n) is 5.78. The highest BCUT2D eigenvalue weighted by Gasteiger charge is 2.04. The molecule has 1 amide bonds. The predicted octanol–water partition coefficient (Wildman–Crippen LogP) is 1.22. The lowest BCUT2D eigenvalue weighted by Crippen LogP contribution is -2.31. The molecule has 0 aliphatic heterocycles. The highest BCUT2D eigenvalue weighted by atomic mass is 16.6. The quantitative estimate of drug-likeness (QED) is 0.123. The number of hydrogen-bond donors (Lipinski definition) is 1. The van der Waals surface area contributed by atoms with E-state index in [1.54, 1.807) is 0 Å². The molecule has 166 valence electrons. The molecule has 0 heterocycles. The third kappa shape index (κ3) is 15.3. The summed E-state index contributed by atoms with van der Waals surface area (Å²) in [5.41, 5.74) is 9.00. The SMILES string of the molecule is [N-]=[N+]=NCCOCCOCC(=O)NCCOCCOCC(=O)OCc1ccccc1. The van der Waals surface area contributed by atoms with Crippen molar-refractivity contribution in [3.63, 3.8) is 0 Å². The molecule has 0 radical (unpaired) electrons. The molecule has 11 nitrogen and oxygen atoms in total. The molecule has 0 saturated heterocycles. The second kappa shape index (κ2) is 18.3. The van der Waals surface area contributed by atoms with Gasteiger partial charge in [0.2, 0.25) is 5.91 Å². The van der Waals surface area contributed by atoms with E-state index in [0.29, 0.717) is 33.0 Å². The van der Waals surface area contributed by atoms with Gasteiger partial charge in [-0.25, -0.2) is 4.79 Å². The van der Waals surface area contributed by atoms with E-state index in [2.05, 4.69) is 15.3 Å². The maximum Gasteiger partial charge on any atom is 0.332 e. The van der Waals surface area contributed by atoms with Gasteiger partial charge in [-0.3, -0.25) is 4.79 Å². The van der Waals surface area contributed by atoms with Gasteiger partial charge in [0.1, 0.15) is 19.8 Å². The van der Waals surface area contributed by atoms with Gasteiger partial charge in [-0.2, -0.15) is 0 Å². The molecule has 1 rings (SSSR count). The number of benzene rings is 1. The van der Waals surface area contributed by atoms with Gasteiger partial charge in [-0.05, 0) is 11.1 Å². The van der Waals surface area contributed by atoms with Crippen molar-refractivity contribution < 1.29 is 33.3 Å². The lowest BCUT2D eigenvalue weighted by atomic mass is 10.2. The minimum absolute atomic E-state index is 0.0755. The Morgan fingerprint density at radius 3 is 2.30 bits per heavy atom. The summed E-state index contributed by atoms with van der Waals surface area (Å²) in [7, 11) is 0. The average molecular weight is 424 g/mol. The summed E-state index contributed by atoms with van der Waals surface area (Å²) in [6.45, 7) is 2.36. The van der Waals surface area contributed by atoms with E-state index in [9.17, 15) is 9.59 Å². The third-order valence-electron chi connectivity index (χ3n) is 3.41. The van der Waals surface area contributed by atoms with Crippen LogP contribution in [0.2, 0.25) is 0 Å². The van der Waals surface area contributed by atoms with Crippen LogP contribution in [0.3, 0.4) is 0 Å². The Morgan fingerprint density at radius 1 is 0.900 bits per heavy atom. The first kappa shape index (κ1) is 25.3. The van der Waals surface area contributed by atoms with Crippen LogP contribution in [0, 0.1) is 0 Å². The van der Waals surface area contributed by atoms with E-state index in [-0.39, 0.29) is 45.5 Å². The van der Waals surface area contributed by atoms with Crippen molar-refractivity contribution >= 4 is 11.9 Å². The van der Waals surface area contributed by atoms with Gasteiger partial charge in [0.25, 0.3) is 0 Å². The highest BCUT2D eigenvalue weighted by Crippen LogP contribution is 2.00. The van der Waals surface area contributed by atoms with Crippen molar-refractivity contribution in [2.75, 3.05) is 65.9 Å². The summed E-state index contributed by atoms with van der Waals surface area (Å²) in [5.74, 6) is -0.697. The Morgan fingerprint density at radius 2 is 1.57 bits per heavy atom. The number of carbonyl (C=O) groups excluding carboxylic acids is 2. The maximum atomic E-state index is 11.5. The van der Waals surface area contributed by atoms with Crippen molar-refractivity contribution in [3.05, 3.63) is 46.3 Å². The maximum absolute atomic E-state index is 11.5. The Labute approximate surface area is 175 Å². The second-order valence-corrected chi connectivity index (χ2v) is 5.78. The van der Waals surface area contributed by atoms with Gasteiger partial charge >= 0.3 is 5.97 Å². The number of esters is 1. The van der Waals surface area contributed by atoms with E-state index < -0.39 is 5.97 Å². The zero-order valence-corrected chi connectivity index (χ0v) is 16.9. The van der Waals surface area contributed by atoms with Gasteiger partial charge in [0.05, 0.1) is 39.6 Å². The average Bonchev–Trinajstić information content (AvgIpc) is 2.76. The van der Waals surface area contributed by atoms with Crippen LogP contribution >= 0.6 is 0 Å². The first-order chi connectivity index (χ1) is 14.7. The minimum atomic E-state index is -0.438. The van der Waals surface area contributed by atoms with Gasteiger partial charge in [0.15, 0.2) is 0 Å². The molecule has 30 heavy (non-hydrogen) atoms. The number of rotatable bonds is 18. The molecule has 1 aromatic carbocycles. The van der Waals surface area contributed by atoms with Crippen LogP contribution in [0.1, 0.15) is 5.56 Å². The van der Waals surface area contributed by atoms with Gasteiger partial charge < -0.3 is 29.0 Å². The van der Waals surface area contributed by atoms with Crippen molar-refractivity contribution in [2.45, 2.75) is 6.61 Å². The van der Waals surface area contributed by atoms with Crippen LogP contribution in [0.15, 0.2) is 35.4 Å². The molecule has 1 N–H and O–H groups in total. The lowest BCUT2D eigenvalue weighted by Gasteiger charge is -2.08. The molecular weight excluding hydrogens is 396 g/mol. The molecule has 0 aliphatic rings. The van der Waals surface area contributed by atoms with E-state index in [0.717, 1.165) is 5.56 Å². The standard InChI is InChI=1S/C19H28N4O7/c20-23-22-7-9-27-10-12-28-15-18(24)21-6-8-26-11-13-29-16-19(25)30-14-17-4-2-1-3-5-17/h1-5H,6-16H2,(H,21,24). The highest BCUT2D eigenvalue weighted by molar-refractivity contribution is 5.77. The normalized spacial score (nSPS) is 10.3. The monoisotopic (exact) mass is 424 g/mol. The van der Waals surface area contributed by atoms with Gasteiger partial charge in [-0.15, -0.1) is 0 Å². The molecule has 0 saturated carbocycles. The smallest absolute Gasteiger partial charge is 0.332 e. The molecule has 0 aromatic heterocycles. The van der Waals surface area contributed by atoms with Crippen molar-refractivity contribution in [2.24, 2.45) is 5.11 Å². The molecule has 0 fully saturated rings. The molecule has 0 bridgehead atoms. The van der Waals surface area contributed by atoms with Crippen LogP contribution in [0.4, 0.5) is 0 Å². The number of amides is 1. The summed E-state index contributed by atoms with van der Waals surface area (Å²) >= 11 is 0. The molecule has 0 unspecified atom stereocenters. The molecular formula is C19H28N4O7. The zero-order chi connectivity index (χ0) is 21.7. The number of azide groups is 1. The minimum Gasteiger partial charge on any atom is -0.459 e. The summed E-state index contributed by atoms with van der Waals surface area (Å²) in [6, 6.07) is 9.39. The summed E-state index contributed by atoms with van der Waals surface area (Å²) in [6.07, 6.45) is 0. The third-order valence-corrected chi connectivity index (χ3v) is 3.41. The topological polar surface area (TPSA) is 141 Å². The molecule has 1 aromatic rings. The number of nitrogens with zero attached hydrogens (tertiary/aromatic N) is 3. The fourth-order valence-corrected chi connectivity index (χ4v) is 2.00. The summed E-state index contributed by atoms with van der Waals surface area (Å²) < 4.78 is 25.8. The van der Waals surface area contributed by atoms with Crippen LogP contribution in [0.5, 0.6) is 0 Å². The summed E-state index contributed by atoms with van der Waals surface area (Å²) in [5, 5.41) is 5.96. The molecule has 11 heteroatoms. The number of ether oxygens (including phenoxy) is 5. The largest absolute Gasteiger partial charge is 0.459 e. The van der Waals surface area contributed by atoms with Crippen molar-refractivity contribution in [1.82, 2.24) is 5.32 Å². The Kier molecular flexibility index (Phi) is 15.5. The van der Waals surface area contributed by atoms with E-state index in [4.69, 9.17) is 29.2 Å². The molecule has 0 aliphatic carbocycles. The number of carbonyl (C=O) groups is 2. The van der Waals surface area contributed by atoms with E-state index in [1.165, 1.54) is 0 Å². The molecule has 0 atom stereocenters. The van der Waals surface area contributed by atoms with Gasteiger partial charge in [0, 0.05) is 18.0 Å². The van der Waals surface area contributed by atoms with Crippen molar-refractivity contribution in [1.29, 1.82) is 0 Å². The van der Waals surface area contributed by atoms with Crippen LogP contribution in [-0.4, -0.2) is 77.8 Å². The first-order valence-electron chi connectivity index (χ1n) is 9.50. The Bertz CT molecular complexity index is 639. The van der Waals surface area contributed by atoms with Crippen LogP contribution in [-0.2, 0) is 39.9 Å². The fourth-order valence-electron chi connectivity index (χ4n) is 2.00. The predicted molar refractivity (Wildman–Crippen MR) is 107 cm³/mol. The first-order valence-corrected chi connectivity index (χ1v) is 9.50. The number of hydrogen-bond acceptors (Lipinski definition) is 8. The van der Waals surface area contributed by atoms with E-state index >= 15 is 0 Å². The fraction of sp³-hybridized carbons (Fsp3) is 0.579. The molecule has 0 spiro atoms. The van der Waals surface area contributed by atoms with Crippen molar-refractivity contribution in [3.8, 4) is 0 Å². The Hall–Kier alpha value is -2.69. The number of nitrogens with one attached hydrogen (secondary N) is 1. The summed E-state index contributed by atoms with van der Waals surface area (Å²) in [4.78, 5) is 25.7.